The van der Waals surface area contributed by atoms with Crippen LogP contribution in [0, 0.1) is 13.8 Å². The molecular formula is C24H41NO5. The van der Waals surface area contributed by atoms with Crippen LogP contribution in [0.15, 0.2) is 24.0 Å². The number of amides is 1. The molecule has 0 aliphatic rings. The van der Waals surface area contributed by atoms with Crippen LogP contribution in [-0.2, 0) is 23.8 Å². The molecule has 6 nitrogen and oxygen atoms in total. The monoisotopic (exact) mass is 423 g/mol. The summed E-state index contributed by atoms with van der Waals surface area (Å²) in [7, 11) is 5.01. The van der Waals surface area contributed by atoms with Crippen molar-refractivity contribution >= 4 is 18.0 Å². The van der Waals surface area contributed by atoms with Crippen LogP contribution in [0.25, 0.3) is 5.57 Å². The standard InChI is InChI=1S/C14H17NO3.C7H16O.C3H8O/c1-9-5-6-10(2)12(7-9)13(14(17)15-4)11(3)18-8-16;1-4-6-7(5-2)8-3;1-3-4-2/h5-8H,1-4H3,(H,15,17);7H,4-6H2,1-3H3;3H2,1-2H3/b13-11+;;. The Hall–Kier alpha value is -2.18. The van der Waals surface area contributed by atoms with E-state index in [0.29, 0.717) is 18.1 Å². The molecule has 0 aliphatic carbocycles. The first-order chi connectivity index (χ1) is 14.3. The van der Waals surface area contributed by atoms with Crippen molar-refractivity contribution in [2.75, 3.05) is 27.9 Å². The topological polar surface area (TPSA) is 73.9 Å². The lowest BCUT2D eigenvalue weighted by atomic mass is 9.97. The minimum absolute atomic E-state index is 0.275. The van der Waals surface area contributed by atoms with Gasteiger partial charge in [-0.15, -0.1) is 0 Å². The summed E-state index contributed by atoms with van der Waals surface area (Å²) in [6.07, 6.45) is 4.07. The lowest BCUT2D eigenvalue weighted by Crippen LogP contribution is -2.21. The van der Waals surface area contributed by atoms with E-state index in [1.807, 2.05) is 39.0 Å². The number of carbonyl (C=O) groups excluding carboxylic acids is 2. The smallest absolute Gasteiger partial charge is 0.298 e. The average molecular weight is 424 g/mol. The zero-order chi connectivity index (χ0) is 23.5. The van der Waals surface area contributed by atoms with E-state index in [-0.39, 0.29) is 11.7 Å². The minimum Gasteiger partial charge on any atom is -0.433 e. The second-order valence-electron chi connectivity index (χ2n) is 6.67. The number of carbonyl (C=O) groups is 2. The molecule has 172 valence electrons. The lowest BCUT2D eigenvalue weighted by Gasteiger charge is -2.13. The molecule has 0 saturated carbocycles. The molecular weight excluding hydrogens is 382 g/mol. The van der Waals surface area contributed by atoms with Crippen LogP contribution in [0.5, 0.6) is 0 Å². The van der Waals surface area contributed by atoms with E-state index < -0.39 is 0 Å². The van der Waals surface area contributed by atoms with E-state index in [0.717, 1.165) is 29.7 Å². The molecule has 0 aromatic heterocycles. The lowest BCUT2D eigenvalue weighted by molar-refractivity contribution is -0.124. The van der Waals surface area contributed by atoms with Gasteiger partial charge in [0.1, 0.15) is 5.76 Å². The van der Waals surface area contributed by atoms with Gasteiger partial charge in [-0.2, -0.15) is 0 Å². The van der Waals surface area contributed by atoms with Crippen LogP contribution in [-0.4, -0.2) is 46.4 Å². The van der Waals surface area contributed by atoms with Gasteiger partial charge in [0.25, 0.3) is 12.4 Å². The molecule has 1 aromatic rings. The highest BCUT2D eigenvalue weighted by Crippen LogP contribution is 2.24. The van der Waals surface area contributed by atoms with Gasteiger partial charge in [0, 0.05) is 27.9 Å². The number of allylic oxidation sites excluding steroid dienone is 1. The van der Waals surface area contributed by atoms with Gasteiger partial charge in [-0.1, -0.05) is 44.0 Å². The van der Waals surface area contributed by atoms with Gasteiger partial charge in [0.15, 0.2) is 0 Å². The molecule has 0 heterocycles. The Bertz CT molecular complexity index is 634. The van der Waals surface area contributed by atoms with E-state index in [1.54, 1.807) is 28.2 Å². The van der Waals surface area contributed by atoms with Gasteiger partial charge < -0.3 is 19.5 Å². The maximum absolute atomic E-state index is 11.9. The average Bonchev–Trinajstić information content (AvgIpc) is 2.75. The number of methoxy groups -OCH3 is 2. The Labute approximate surface area is 183 Å². The van der Waals surface area contributed by atoms with Gasteiger partial charge in [-0.3, -0.25) is 9.59 Å². The summed E-state index contributed by atoms with van der Waals surface area (Å²) in [5, 5.41) is 2.56. The largest absolute Gasteiger partial charge is 0.433 e. The summed E-state index contributed by atoms with van der Waals surface area (Å²) in [5.74, 6) is 0.0149. The number of hydrogen-bond donors (Lipinski definition) is 1. The first-order valence-corrected chi connectivity index (χ1v) is 10.4. The number of rotatable bonds is 9. The highest BCUT2D eigenvalue weighted by Gasteiger charge is 2.17. The number of aryl methyl sites for hydroxylation is 2. The van der Waals surface area contributed by atoms with Crippen LogP contribution in [0.3, 0.4) is 0 Å². The number of nitrogens with one attached hydrogen (secondary N) is 1. The molecule has 1 N–H and O–H groups in total. The first kappa shape index (κ1) is 30.0. The molecule has 0 bridgehead atoms. The van der Waals surface area contributed by atoms with Crippen molar-refractivity contribution in [3.8, 4) is 0 Å². The molecule has 0 fully saturated rings. The van der Waals surface area contributed by atoms with Crippen LogP contribution >= 0.6 is 0 Å². The van der Waals surface area contributed by atoms with Gasteiger partial charge in [0.05, 0.1) is 11.7 Å². The Kier molecular flexibility index (Phi) is 18.8. The fourth-order valence-corrected chi connectivity index (χ4v) is 2.54. The molecule has 0 radical (unpaired) electrons. The second kappa shape index (κ2) is 18.8. The minimum atomic E-state index is -0.275. The maximum Gasteiger partial charge on any atom is 0.298 e. The zero-order valence-corrected chi connectivity index (χ0v) is 20.3. The van der Waals surface area contributed by atoms with E-state index >= 15 is 0 Å². The van der Waals surface area contributed by atoms with E-state index in [2.05, 4.69) is 23.9 Å². The summed E-state index contributed by atoms with van der Waals surface area (Å²) in [6.45, 7) is 12.9. The van der Waals surface area contributed by atoms with Gasteiger partial charge in [-0.05, 0) is 51.7 Å². The Morgan fingerprint density at radius 2 is 1.77 bits per heavy atom. The molecule has 0 saturated heterocycles. The van der Waals surface area contributed by atoms with E-state index in [9.17, 15) is 9.59 Å². The Morgan fingerprint density at radius 3 is 2.13 bits per heavy atom. The number of benzene rings is 1. The third kappa shape index (κ3) is 12.4. The Morgan fingerprint density at radius 1 is 1.17 bits per heavy atom. The molecule has 1 aromatic carbocycles. The summed E-state index contributed by atoms with van der Waals surface area (Å²) in [6, 6.07) is 5.80. The first-order valence-electron chi connectivity index (χ1n) is 10.4. The Balaban J connectivity index is 0. The summed E-state index contributed by atoms with van der Waals surface area (Å²) < 4.78 is 14.5. The molecule has 30 heavy (non-hydrogen) atoms. The van der Waals surface area contributed by atoms with Crippen molar-refractivity contribution in [1.29, 1.82) is 0 Å². The molecule has 1 amide bonds. The van der Waals surface area contributed by atoms with Crippen molar-refractivity contribution in [3.05, 3.63) is 40.6 Å². The third-order valence-electron chi connectivity index (χ3n) is 4.38. The van der Waals surface area contributed by atoms with Crippen LogP contribution in [0.4, 0.5) is 0 Å². The summed E-state index contributed by atoms with van der Waals surface area (Å²) in [4.78, 5) is 22.4. The molecule has 1 atom stereocenters. The van der Waals surface area contributed by atoms with Crippen molar-refractivity contribution in [3.63, 3.8) is 0 Å². The quantitative estimate of drug-likeness (QED) is 0.350. The third-order valence-corrected chi connectivity index (χ3v) is 4.38. The van der Waals surface area contributed by atoms with Crippen LogP contribution < -0.4 is 5.32 Å². The molecule has 1 rings (SSSR count). The molecule has 0 spiro atoms. The van der Waals surface area contributed by atoms with Crippen molar-refractivity contribution in [2.24, 2.45) is 0 Å². The second-order valence-corrected chi connectivity index (χ2v) is 6.67. The van der Waals surface area contributed by atoms with Gasteiger partial charge in [-0.25, -0.2) is 0 Å². The van der Waals surface area contributed by atoms with Crippen molar-refractivity contribution in [2.45, 2.75) is 66.9 Å². The van der Waals surface area contributed by atoms with Gasteiger partial charge >= 0.3 is 0 Å². The molecule has 0 aliphatic heterocycles. The number of likely N-dealkylation sites (N-methyl/N-ethyl adjacent to an activating group) is 1. The fraction of sp³-hybridized carbons (Fsp3) is 0.583. The summed E-state index contributed by atoms with van der Waals surface area (Å²) >= 11 is 0. The molecule has 1 unspecified atom stereocenters. The van der Waals surface area contributed by atoms with E-state index in [1.165, 1.54) is 12.8 Å². The highest BCUT2D eigenvalue weighted by atomic mass is 16.5. The zero-order valence-electron chi connectivity index (χ0n) is 20.3. The predicted molar refractivity (Wildman–Crippen MR) is 123 cm³/mol. The normalized spacial score (nSPS) is 11.6. The maximum atomic E-state index is 11.9. The predicted octanol–water partition coefficient (Wildman–Crippen LogP) is 4.82. The van der Waals surface area contributed by atoms with Crippen molar-refractivity contribution in [1.82, 2.24) is 5.32 Å². The number of ether oxygens (including phenoxy) is 3. The number of hydrogen-bond acceptors (Lipinski definition) is 5. The summed E-state index contributed by atoms with van der Waals surface area (Å²) in [5.41, 5.74) is 3.14. The molecule has 6 heteroatoms. The van der Waals surface area contributed by atoms with Gasteiger partial charge in [0.2, 0.25) is 0 Å². The van der Waals surface area contributed by atoms with E-state index in [4.69, 9.17) is 9.47 Å². The fourth-order valence-electron chi connectivity index (χ4n) is 2.54. The SMILES string of the molecule is CCCC(CC)OC.CCOC.CNC(=O)/C(=C(\C)OC=O)c1cc(C)ccc1C. The van der Waals surface area contributed by atoms with Crippen LogP contribution in [0.1, 0.15) is 63.6 Å². The van der Waals surface area contributed by atoms with Crippen molar-refractivity contribution < 1.29 is 23.8 Å². The highest BCUT2D eigenvalue weighted by molar-refractivity contribution is 6.20. The van der Waals surface area contributed by atoms with Crippen LogP contribution in [0.2, 0.25) is 0 Å².